The van der Waals surface area contributed by atoms with Crippen molar-refractivity contribution >= 4 is 5.91 Å². The summed E-state index contributed by atoms with van der Waals surface area (Å²) < 4.78 is 2.23. The standard InChI is InChI=1S/C15H25N3O/c1-10(2)18-12(4)8-14(13(18)5)15(19)17-7-6-16-11(3)9-17/h8,10-11,16H,6-7,9H2,1-5H3. The van der Waals surface area contributed by atoms with Crippen LogP contribution in [-0.2, 0) is 0 Å². The van der Waals surface area contributed by atoms with Gasteiger partial charge in [-0.1, -0.05) is 0 Å². The van der Waals surface area contributed by atoms with Gasteiger partial charge in [0.25, 0.3) is 5.91 Å². The fraction of sp³-hybridized carbons (Fsp3) is 0.667. The third-order valence-electron chi connectivity index (χ3n) is 3.89. The van der Waals surface area contributed by atoms with Crippen LogP contribution in [0.2, 0.25) is 0 Å². The lowest BCUT2D eigenvalue weighted by molar-refractivity contribution is 0.0708. The van der Waals surface area contributed by atoms with Crippen LogP contribution in [0.3, 0.4) is 0 Å². The molecule has 1 aliphatic rings. The van der Waals surface area contributed by atoms with Crippen LogP contribution < -0.4 is 5.32 Å². The van der Waals surface area contributed by atoms with Crippen LogP contribution in [0, 0.1) is 13.8 Å². The molecule has 0 saturated carbocycles. The predicted octanol–water partition coefficient (Wildman–Crippen LogP) is 2.12. The van der Waals surface area contributed by atoms with E-state index < -0.39 is 0 Å². The molecule has 2 heterocycles. The lowest BCUT2D eigenvalue weighted by Gasteiger charge is -2.32. The van der Waals surface area contributed by atoms with Crippen molar-refractivity contribution in [2.45, 2.75) is 46.7 Å². The van der Waals surface area contributed by atoms with Gasteiger partial charge < -0.3 is 14.8 Å². The van der Waals surface area contributed by atoms with E-state index in [0.29, 0.717) is 12.1 Å². The molecule has 106 valence electrons. The molecule has 1 atom stereocenters. The monoisotopic (exact) mass is 263 g/mol. The lowest BCUT2D eigenvalue weighted by atomic mass is 10.1. The number of hydrogen-bond acceptors (Lipinski definition) is 2. The largest absolute Gasteiger partial charge is 0.346 e. The summed E-state index contributed by atoms with van der Waals surface area (Å²) in [6.45, 7) is 13.0. The highest BCUT2D eigenvalue weighted by molar-refractivity contribution is 5.95. The van der Waals surface area contributed by atoms with E-state index in [9.17, 15) is 4.79 Å². The van der Waals surface area contributed by atoms with E-state index in [2.05, 4.69) is 37.6 Å². The molecule has 0 spiro atoms. The van der Waals surface area contributed by atoms with Gasteiger partial charge in [-0.3, -0.25) is 4.79 Å². The minimum atomic E-state index is 0.174. The van der Waals surface area contributed by atoms with E-state index in [1.807, 2.05) is 17.9 Å². The van der Waals surface area contributed by atoms with Gasteiger partial charge in [-0.2, -0.15) is 0 Å². The SMILES string of the molecule is Cc1cc(C(=O)N2CCNC(C)C2)c(C)n1C(C)C. The zero-order chi connectivity index (χ0) is 14.2. The fourth-order valence-electron chi connectivity index (χ4n) is 3.08. The summed E-state index contributed by atoms with van der Waals surface area (Å²) in [5, 5.41) is 3.37. The molecule has 1 N–H and O–H groups in total. The molecule has 19 heavy (non-hydrogen) atoms. The first-order valence-corrected chi connectivity index (χ1v) is 7.13. The average molecular weight is 263 g/mol. The molecule has 0 bridgehead atoms. The zero-order valence-electron chi connectivity index (χ0n) is 12.7. The Morgan fingerprint density at radius 2 is 2.11 bits per heavy atom. The predicted molar refractivity (Wildman–Crippen MR) is 77.7 cm³/mol. The molecule has 1 fully saturated rings. The maximum Gasteiger partial charge on any atom is 0.255 e. The van der Waals surface area contributed by atoms with Gasteiger partial charge in [-0.25, -0.2) is 0 Å². The molecule has 0 aromatic carbocycles. The minimum Gasteiger partial charge on any atom is -0.346 e. The van der Waals surface area contributed by atoms with Crippen LogP contribution >= 0.6 is 0 Å². The molecule has 1 amide bonds. The number of aromatic nitrogens is 1. The van der Waals surface area contributed by atoms with Gasteiger partial charge >= 0.3 is 0 Å². The van der Waals surface area contributed by atoms with Gasteiger partial charge in [0.2, 0.25) is 0 Å². The summed E-state index contributed by atoms with van der Waals surface area (Å²) in [5.41, 5.74) is 3.11. The molecule has 4 heteroatoms. The third-order valence-corrected chi connectivity index (χ3v) is 3.89. The Kier molecular flexibility index (Phi) is 3.99. The molecular formula is C15H25N3O. The van der Waals surface area contributed by atoms with Crippen molar-refractivity contribution in [3.63, 3.8) is 0 Å². The van der Waals surface area contributed by atoms with Crippen molar-refractivity contribution in [3.8, 4) is 0 Å². The molecule has 2 rings (SSSR count). The van der Waals surface area contributed by atoms with E-state index in [4.69, 9.17) is 0 Å². The van der Waals surface area contributed by atoms with Gasteiger partial charge in [0.1, 0.15) is 0 Å². The molecule has 1 aliphatic heterocycles. The highest BCUT2D eigenvalue weighted by Gasteiger charge is 2.25. The average Bonchev–Trinajstić information content (AvgIpc) is 2.63. The van der Waals surface area contributed by atoms with Crippen molar-refractivity contribution < 1.29 is 4.79 Å². The number of carbonyl (C=O) groups excluding carboxylic acids is 1. The van der Waals surface area contributed by atoms with Crippen LogP contribution in [-0.4, -0.2) is 41.1 Å². The number of aryl methyl sites for hydroxylation is 1. The zero-order valence-corrected chi connectivity index (χ0v) is 12.7. The summed E-state index contributed by atoms with van der Waals surface area (Å²) in [7, 11) is 0. The molecule has 4 nitrogen and oxygen atoms in total. The molecule has 1 saturated heterocycles. The smallest absolute Gasteiger partial charge is 0.255 e. The van der Waals surface area contributed by atoms with E-state index in [0.717, 1.165) is 30.9 Å². The topological polar surface area (TPSA) is 37.3 Å². The second-order valence-corrected chi connectivity index (χ2v) is 5.85. The van der Waals surface area contributed by atoms with Crippen LogP contribution in [0.25, 0.3) is 0 Å². The maximum absolute atomic E-state index is 12.6. The van der Waals surface area contributed by atoms with Crippen LogP contribution in [0.1, 0.15) is 48.6 Å². The van der Waals surface area contributed by atoms with E-state index >= 15 is 0 Å². The van der Waals surface area contributed by atoms with Crippen molar-refractivity contribution in [1.29, 1.82) is 0 Å². The van der Waals surface area contributed by atoms with Crippen LogP contribution in [0.4, 0.5) is 0 Å². The summed E-state index contributed by atoms with van der Waals surface area (Å²) >= 11 is 0. The number of nitrogens with one attached hydrogen (secondary N) is 1. The van der Waals surface area contributed by atoms with Crippen molar-refractivity contribution in [1.82, 2.24) is 14.8 Å². The highest BCUT2D eigenvalue weighted by Crippen LogP contribution is 2.21. The Labute approximate surface area is 115 Å². The van der Waals surface area contributed by atoms with Crippen molar-refractivity contribution in [2.24, 2.45) is 0 Å². The minimum absolute atomic E-state index is 0.174. The Morgan fingerprint density at radius 3 is 2.63 bits per heavy atom. The van der Waals surface area contributed by atoms with E-state index in [-0.39, 0.29) is 5.91 Å². The molecular weight excluding hydrogens is 238 g/mol. The second kappa shape index (κ2) is 5.37. The fourth-order valence-corrected chi connectivity index (χ4v) is 3.08. The Hall–Kier alpha value is -1.29. The number of amides is 1. The summed E-state index contributed by atoms with van der Waals surface area (Å²) in [5.74, 6) is 0.174. The normalized spacial score (nSPS) is 20.1. The van der Waals surface area contributed by atoms with Gasteiger partial charge in [-0.15, -0.1) is 0 Å². The second-order valence-electron chi connectivity index (χ2n) is 5.85. The first-order chi connectivity index (χ1) is 8.91. The number of piperazine rings is 1. The molecule has 0 aliphatic carbocycles. The van der Waals surface area contributed by atoms with Crippen molar-refractivity contribution in [3.05, 3.63) is 23.0 Å². The van der Waals surface area contributed by atoms with Gasteiger partial charge in [0, 0.05) is 43.1 Å². The number of rotatable bonds is 2. The van der Waals surface area contributed by atoms with Crippen molar-refractivity contribution in [2.75, 3.05) is 19.6 Å². The number of carbonyl (C=O) groups is 1. The molecule has 1 aromatic rings. The molecule has 1 unspecified atom stereocenters. The first-order valence-electron chi connectivity index (χ1n) is 7.13. The van der Waals surface area contributed by atoms with Crippen LogP contribution in [0.15, 0.2) is 6.07 Å². The number of nitrogens with zero attached hydrogens (tertiary/aromatic N) is 2. The van der Waals surface area contributed by atoms with Gasteiger partial charge in [-0.05, 0) is 40.7 Å². The molecule has 0 radical (unpaired) electrons. The Morgan fingerprint density at radius 1 is 1.42 bits per heavy atom. The first kappa shape index (κ1) is 14.1. The van der Waals surface area contributed by atoms with Gasteiger partial charge in [0.05, 0.1) is 5.56 Å². The van der Waals surface area contributed by atoms with E-state index in [1.54, 1.807) is 0 Å². The Balaban J connectivity index is 2.27. The summed E-state index contributed by atoms with van der Waals surface area (Å²) in [4.78, 5) is 14.6. The quantitative estimate of drug-likeness (QED) is 0.887. The van der Waals surface area contributed by atoms with Gasteiger partial charge in [0.15, 0.2) is 0 Å². The summed E-state index contributed by atoms with van der Waals surface area (Å²) in [6.07, 6.45) is 0. The van der Waals surface area contributed by atoms with E-state index in [1.165, 1.54) is 5.69 Å². The number of hydrogen-bond donors (Lipinski definition) is 1. The maximum atomic E-state index is 12.6. The lowest BCUT2D eigenvalue weighted by Crippen LogP contribution is -2.51. The highest BCUT2D eigenvalue weighted by atomic mass is 16.2. The Bertz CT molecular complexity index is 476. The summed E-state index contributed by atoms with van der Waals surface area (Å²) in [6, 6.07) is 2.81. The molecule has 1 aromatic heterocycles. The third kappa shape index (κ3) is 2.68. The van der Waals surface area contributed by atoms with Crippen LogP contribution in [0.5, 0.6) is 0 Å².